The molecule has 1 saturated heterocycles. The number of fused-ring (bicyclic) bond motifs is 2. The number of benzene rings is 3. The quantitative estimate of drug-likeness (QED) is 0.547. The highest BCUT2D eigenvalue weighted by Gasteiger charge is 2.58. The van der Waals surface area contributed by atoms with Crippen molar-refractivity contribution in [3.05, 3.63) is 94.8 Å². The van der Waals surface area contributed by atoms with E-state index in [0.29, 0.717) is 18.7 Å². The zero-order chi connectivity index (χ0) is 22.5. The van der Waals surface area contributed by atoms with E-state index in [1.54, 1.807) is 21.9 Å². The lowest BCUT2D eigenvalue weighted by Crippen LogP contribution is -2.56. The molecule has 1 spiro atoms. The smallest absolute Gasteiger partial charge is 0.269 e. The zero-order valence-corrected chi connectivity index (χ0v) is 18.8. The van der Waals surface area contributed by atoms with Crippen LogP contribution >= 0.6 is 11.8 Å². The Morgan fingerprint density at radius 1 is 0.969 bits per heavy atom. The summed E-state index contributed by atoms with van der Waals surface area (Å²) in [7, 11) is 0. The third kappa shape index (κ3) is 3.13. The van der Waals surface area contributed by atoms with Crippen LogP contribution in [0.15, 0.2) is 66.7 Å². The van der Waals surface area contributed by atoms with E-state index in [2.05, 4.69) is 0 Å². The largest absolute Gasteiger partial charge is 0.304 e. The predicted molar refractivity (Wildman–Crippen MR) is 126 cm³/mol. The Bertz CT molecular complexity index is 1230. The van der Waals surface area contributed by atoms with Gasteiger partial charge in [-0.3, -0.25) is 14.5 Å². The lowest BCUT2D eigenvalue weighted by atomic mass is 10.0. The van der Waals surface area contributed by atoms with Gasteiger partial charge in [-0.15, -0.1) is 11.8 Å². The number of hydrogen-bond donors (Lipinski definition) is 0. The normalized spacial score (nSPS) is 20.2. The van der Waals surface area contributed by atoms with Crippen molar-refractivity contribution in [2.24, 2.45) is 0 Å². The first-order chi connectivity index (χ1) is 15.4. The molecule has 6 heteroatoms. The van der Waals surface area contributed by atoms with Crippen molar-refractivity contribution in [1.82, 2.24) is 0 Å². The van der Waals surface area contributed by atoms with Crippen molar-refractivity contribution in [2.45, 2.75) is 31.7 Å². The van der Waals surface area contributed by atoms with E-state index < -0.39 is 4.87 Å². The van der Waals surface area contributed by atoms with Crippen molar-refractivity contribution in [2.75, 3.05) is 15.6 Å². The van der Waals surface area contributed by atoms with Crippen LogP contribution in [0.25, 0.3) is 0 Å². The van der Waals surface area contributed by atoms with Gasteiger partial charge in [-0.2, -0.15) is 0 Å². The van der Waals surface area contributed by atoms with Crippen molar-refractivity contribution < 1.29 is 14.0 Å². The average Bonchev–Trinajstić information content (AvgIpc) is 3.01. The third-order valence-electron chi connectivity index (χ3n) is 6.29. The molecule has 2 aliphatic heterocycles. The molecule has 2 aliphatic rings. The first kappa shape index (κ1) is 20.8. The van der Waals surface area contributed by atoms with E-state index in [1.165, 1.54) is 23.9 Å². The minimum absolute atomic E-state index is 0.0567. The maximum Gasteiger partial charge on any atom is 0.269 e. The molecule has 2 heterocycles. The number of nitrogens with zero attached hydrogens (tertiary/aromatic N) is 2. The second-order valence-corrected chi connectivity index (χ2v) is 9.56. The molecule has 3 aromatic carbocycles. The molecule has 5 rings (SSSR count). The van der Waals surface area contributed by atoms with E-state index in [0.717, 1.165) is 33.6 Å². The van der Waals surface area contributed by atoms with Crippen molar-refractivity contribution in [1.29, 1.82) is 0 Å². The monoisotopic (exact) mass is 446 g/mol. The topological polar surface area (TPSA) is 40.6 Å². The van der Waals surface area contributed by atoms with Gasteiger partial charge in [0.25, 0.3) is 5.91 Å². The summed E-state index contributed by atoms with van der Waals surface area (Å²) in [5, 5.41) is 0. The predicted octanol–water partition coefficient (Wildman–Crippen LogP) is 5.31. The third-order valence-corrected chi connectivity index (χ3v) is 7.69. The molecule has 0 N–H and O–H groups in total. The first-order valence-corrected chi connectivity index (χ1v) is 11.6. The van der Waals surface area contributed by atoms with E-state index in [9.17, 15) is 14.0 Å². The van der Waals surface area contributed by atoms with Gasteiger partial charge in [0.05, 0.1) is 12.2 Å². The van der Waals surface area contributed by atoms with Crippen LogP contribution in [-0.4, -0.2) is 17.6 Å². The molecule has 0 bridgehead atoms. The summed E-state index contributed by atoms with van der Waals surface area (Å²) in [5.74, 6) is 0.0655. The van der Waals surface area contributed by atoms with E-state index >= 15 is 0 Å². The fourth-order valence-corrected chi connectivity index (χ4v) is 5.99. The van der Waals surface area contributed by atoms with Crippen LogP contribution in [0.2, 0.25) is 0 Å². The fourth-order valence-electron chi connectivity index (χ4n) is 4.52. The number of aryl methyl sites for hydroxylation is 2. The number of para-hydroxylation sites is 1. The Hall–Kier alpha value is -3.12. The van der Waals surface area contributed by atoms with Gasteiger partial charge in [0, 0.05) is 23.4 Å². The van der Waals surface area contributed by atoms with Gasteiger partial charge in [0.2, 0.25) is 10.8 Å². The van der Waals surface area contributed by atoms with Crippen LogP contribution < -0.4 is 9.80 Å². The number of carbonyl (C=O) groups excluding carboxylic acids is 2. The Morgan fingerprint density at radius 2 is 1.72 bits per heavy atom. The Labute approximate surface area is 191 Å². The van der Waals surface area contributed by atoms with Crippen molar-refractivity contribution in [3.63, 3.8) is 0 Å². The van der Waals surface area contributed by atoms with Gasteiger partial charge in [0.15, 0.2) is 0 Å². The maximum absolute atomic E-state index is 14.1. The number of anilines is 2. The van der Waals surface area contributed by atoms with Gasteiger partial charge in [0.1, 0.15) is 5.82 Å². The first-order valence-electron chi connectivity index (χ1n) is 10.6. The maximum atomic E-state index is 14.1. The second-order valence-electron chi connectivity index (χ2n) is 8.28. The van der Waals surface area contributed by atoms with Gasteiger partial charge >= 0.3 is 0 Å². The Balaban J connectivity index is 1.65. The molecule has 0 aliphatic carbocycles. The minimum Gasteiger partial charge on any atom is -0.304 e. The number of rotatable bonds is 3. The van der Waals surface area contributed by atoms with Gasteiger partial charge in [-0.1, -0.05) is 36.4 Å². The van der Waals surface area contributed by atoms with E-state index in [1.807, 2.05) is 56.3 Å². The molecule has 0 aromatic heterocycles. The standard InChI is InChI=1S/C26H23FN2O2S/c1-17-7-12-21(15-18(17)2)29-24(30)13-14-32-26(29)22-5-3-4-6-23(22)28(25(26)31)16-19-8-10-20(27)11-9-19/h3-12,15H,13-14,16H2,1-2H3/t26-/m1/s1. The number of amides is 2. The SMILES string of the molecule is Cc1ccc(N2C(=O)CCS[C@]23C(=O)N(Cc2ccc(F)cc2)c2ccccc23)cc1C. The summed E-state index contributed by atoms with van der Waals surface area (Å²) < 4.78 is 13.4. The van der Waals surface area contributed by atoms with Crippen LogP contribution in [-0.2, 0) is 21.0 Å². The fraction of sp³-hybridized carbons (Fsp3) is 0.231. The van der Waals surface area contributed by atoms with Crippen LogP contribution in [0.3, 0.4) is 0 Å². The highest BCUT2D eigenvalue weighted by molar-refractivity contribution is 8.01. The van der Waals surface area contributed by atoms with Crippen molar-refractivity contribution in [3.8, 4) is 0 Å². The molecule has 3 aromatic rings. The molecular formula is C26H23FN2O2S. The zero-order valence-electron chi connectivity index (χ0n) is 18.0. The van der Waals surface area contributed by atoms with Crippen LogP contribution in [0, 0.1) is 19.7 Å². The van der Waals surface area contributed by atoms with Gasteiger partial charge < -0.3 is 4.90 Å². The summed E-state index contributed by atoms with van der Waals surface area (Å²) >= 11 is 1.51. The van der Waals surface area contributed by atoms with Crippen LogP contribution in [0.1, 0.15) is 28.7 Å². The molecular weight excluding hydrogens is 423 g/mol. The van der Waals surface area contributed by atoms with E-state index in [4.69, 9.17) is 0 Å². The molecule has 0 radical (unpaired) electrons. The van der Waals surface area contributed by atoms with Crippen LogP contribution in [0.5, 0.6) is 0 Å². The molecule has 4 nitrogen and oxygen atoms in total. The molecule has 1 atom stereocenters. The minimum atomic E-state index is -1.15. The average molecular weight is 447 g/mol. The summed E-state index contributed by atoms with van der Waals surface area (Å²) in [6, 6.07) is 19.8. The molecule has 0 saturated carbocycles. The van der Waals surface area contributed by atoms with Crippen molar-refractivity contribution >= 4 is 35.0 Å². The molecule has 2 amide bonds. The summed E-state index contributed by atoms with van der Waals surface area (Å²) in [5.41, 5.74) is 5.38. The molecule has 162 valence electrons. The molecule has 1 fully saturated rings. The summed E-state index contributed by atoms with van der Waals surface area (Å²) in [4.78, 5) is 29.7. The number of thioether (sulfide) groups is 1. The lowest BCUT2D eigenvalue weighted by molar-refractivity contribution is -0.125. The number of carbonyl (C=O) groups is 2. The Morgan fingerprint density at radius 3 is 2.47 bits per heavy atom. The highest BCUT2D eigenvalue weighted by Crippen LogP contribution is 2.55. The van der Waals surface area contributed by atoms with Crippen LogP contribution in [0.4, 0.5) is 15.8 Å². The Kier molecular flexibility index (Phi) is 5.05. The van der Waals surface area contributed by atoms with E-state index in [-0.39, 0.29) is 17.6 Å². The lowest BCUT2D eigenvalue weighted by Gasteiger charge is -2.43. The van der Waals surface area contributed by atoms with Gasteiger partial charge in [-0.05, 0) is 60.9 Å². The second kappa shape index (κ2) is 7.78. The summed E-state index contributed by atoms with van der Waals surface area (Å²) in [6.45, 7) is 4.35. The number of hydrogen-bond acceptors (Lipinski definition) is 3. The molecule has 32 heavy (non-hydrogen) atoms. The summed E-state index contributed by atoms with van der Waals surface area (Å²) in [6.07, 6.45) is 0.382. The number of halogens is 1. The van der Waals surface area contributed by atoms with Gasteiger partial charge in [-0.25, -0.2) is 4.39 Å². The molecule has 0 unspecified atom stereocenters. The highest BCUT2D eigenvalue weighted by atomic mass is 32.2.